The zero-order chi connectivity index (χ0) is 14.0. The van der Waals surface area contributed by atoms with Gasteiger partial charge < -0.3 is 10.5 Å². The Hall–Kier alpha value is -1.51. The van der Waals surface area contributed by atoms with Crippen LogP contribution in [0, 0.1) is 6.92 Å². The molecular formula is C16H18ClNO. The molecule has 2 aromatic carbocycles. The summed E-state index contributed by atoms with van der Waals surface area (Å²) in [6.07, 6.45) is 0. The van der Waals surface area contributed by atoms with Crippen LogP contribution in [-0.4, -0.2) is 7.11 Å². The Labute approximate surface area is 119 Å². The standard InChI is InChI=1S/C16H18ClNO/c1-11-4-6-12(7-5-11)16(2,18)13-8-9-14(17)15(10-13)19-3/h4-10H,18H2,1-3H3. The van der Waals surface area contributed by atoms with Gasteiger partial charge in [-0.05, 0) is 37.1 Å². The van der Waals surface area contributed by atoms with Gasteiger partial charge in [0, 0.05) is 0 Å². The number of rotatable bonds is 3. The minimum Gasteiger partial charge on any atom is -0.495 e. The van der Waals surface area contributed by atoms with Gasteiger partial charge in [-0.15, -0.1) is 0 Å². The van der Waals surface area contributed by atoms with Crippen molar-refractivity contribution < 1.29 is 4.74 Å². The maximum atomic E-state index is 6.48. The van der Waals surface area contributed by atoms with E-state index in [1.54, 1.807) is 7.11 Å². The van der Waals surface area contributed by atoms with Gasteiger partial charge in [0.05, 0.1) is 17.7 Å². The summed E-state index contributed by atoms with van der Waals surface area (Å²) in [6.45, 7) is 4.04. The van der Waals surface area contributed by atoms with Gasteiger partial charge in [0.25, 0.3) is 0 Å². The van der Waals surface area contributed by atoms with E-state index in [9.17, 15) is 0 Å². The van der Waals surface area contributed by atoms with Gasteiger partial charge in [-0.1, -0.05) is 47.5 Å². The highest BCUT2D eigenvalue weighted by atomic mass is 35.5. The first kappa shape index (κ1) is 13.9. The molecule has 0 saturated heterocycles. The van der Waals surface area contributed by atoms with E-state index in [4.69, 9.17) is 22.1 Å². The van der Waals surface area contributed by atoms with Crippen LogP contribution in [0.15, 0.2) is 42.5 Å². The van der Waals surface area contributed by atoms with Crippen molar-refractivity contribution in [3.05, 3.63) is 64.2 Å². The molecule has 2 nitrogen and oxygen atoms in total. The number of aryl methyl sites for hydroxylation is 1. The van der Waals surface area contributed by atoms with Gasteiger partial charge in [-0.3, -0.25) is 0 Å². The summed E-state index contributed by atoms with van der Waals surface area (Å²) in [5.41, 5.74) is 9.15. The number of ether oxygens (including phenoxy) is 1. The van der Waals surface area contributed by atoms with E-state index in [-0.39, 0.29) is 0 Å². The highest BCUT2D eigenvalue weighted by Crippen LogP contribution is 2.32. The number of nitrogens with two attached hydrogens (primary N) is 1. The van der Waals surface area contributed by atoms with E-state index >= 15 is 0 Å². The van der Waals surface area contributed by atoms with Gasteiger partial charge in [-0.25, -0.2) is 0 Å². The van der Waals surface area contributed by atoms with Crippen LogP contribution in [0.25, 0.3) is 0 Å². The zero-order valence-electron chi connectivity index (χ0n) is 11.4. The molecule has 0 aromatic heterocycles. The lowest BCUT2D eigenvalue weighted by Crippen LogP contribution is -2.34. The van der Waals surface area contributed by atoms with Crippen LogP contribution in [0.2, 0.25) is 5.02 Å². The van der Waals surface area contributed by atoms with E-state index in [0.717, 1.165) is 11.1 Å². The Bertz CT molecular complexity index is 576. The number of methoxy groups -OCH3 is 1. The molecule has 0 saturated carbocycles. The lowest BCUT2D eigenvalue weighted by Gasteiger charge is -2.26. The maximum absolute atomic E-state index is 6.48. The molecule has 2 rings (SSSR count). The molecule has 0 heterocycles. The average molecular weight is 276 g/mol. The van der Waals surface area contributed by atoms with Crippen LogP contribution >= 0.6 is 11.6 Å². The Morgan fingerprint density at radius 3 is 2.21 bits per heavy atom. The van der Waals surface area contributed by atoms with Crippen molar-refractivity contribution in [3.63, 3.8) is 0 Å². The molecule has 19 heavy (non-hydrogen) atoms. The molecule has 3 heteroatoms. The first-order valence-corrected chi connectivity index (χ1v) is 6.53. The molecule has 1 atom stereocenters. The van der Waals surface area contributed by atoms with Crippen molar-refractivity contribution in [3.8, 4) is 5.75 Å². The van der Waals surface area contributed by atoms with Gasteiger partial charge >= 0.3 is 0 Å². The smallest absolute Gasteiger partial charge is 0.137 e. The fraction of sp³-hybridized carbons (Fsp3) is 0.250. The lowest BCUT2D eigenvalue weighted by molar-refractivity contribution is 0.413. The summed E-state index contributed by atoms with van der Waals surface area (Å²) in [5.74, 6) is 0.642. The van der Waals surface area contributed by atoms with Crippen LogP contribution in [0.3, 0.4) is 0 Å². The third-order valence-corrected chi connectivity index (χ3v) is 3.71. The second kappa shape index (κ2) is 5.24. The van der Waals surface area contributed by atoms with Crippen LogP contribution in [0.5, 0.6) is 5.75 Å². The fourth-order valence-corrected chi connectivity index (χ4v) is 2.24. The highest BCUT2D eigenvalue weighted by Gasteiger charge is 2.24. The molecule has 100 valence electrons. The van der Waals surface area contributed by atoms with E-state index in [2.05, 4.69) is 31.2 Å². The van der Waals surface area contributed by atoms with Gasteiger partial charge in [0.2, 0.25) is 0 Å². The van der Waals surface area contributed by atoms with Crippen LogP contribution in [-0.2, 0) is 5.54 Å². The van der Waals surface area contributed by atoms with Crippen LogP contribution in [0.4, 0.5) is 0 Å². The normalized spacial score (nSPS) is 13.9. The van der Waals surface area contributed by atoms with Gasteiger partial charge in [0.15, 0.2) is 0 Å². The molecule has 0 spiro atoms. The molecule has 2 N–H and O–H groups in total. The first-order chi connectivity index (χ1) is 8.95. The van der Waals surface area contributed by atoms with E-state index < -0.39 is 5.54 Å². The Morgan fingerprint density at radius 1 is 1.05 bits per heavy atom. The molecule has 0 aliphatic heterocycles. The SMILES string of the molecule is COc1cc(C(C)(N)c2ccc(C)cc2)ccc1Cl. The minimum atomic E-state index is -0.578. The molecule has 0 bridgehead atoms. The number of benzene rings is 2. The quantitative estimate of drug-likeness (QED) is 0.923. The fourth-order valence-electron chi connectivity index (χ4n) is 2.05. The topological polar surface area (TPSA) is 35.2 Å². The summed E-state index contributed by atoms with van der Waals surface area (Å²) in [6, 6.07) is 13.9. The largest absolute Gasteiger partial charge is 0.495 e. The lowest BCUT2D eigenvalue weighted by atomic mass is 9.85. The third-order valence-electron chi connectivity index (χ3n) is 3.40. The predicted octanol–water partition coefficient (Wildman–Crippen LogP) is 3.88. The molecule has 0 radical (unpaired) electrons. The summed E-state index contributed by atoms with van der Waals surface area (Å²) >= 11 is 6.05. The molecule has 0 aliphatic rings. The monoisotopic (exact) mass is 275 g/mol. The number of hydrogen-bond donors (Lipinski definition) is 1. The molecular weight excluding hydrogens is 258 g/mol. The number of hydrogen-bond acceptors (Lipinski definition) is 2. The Kier molecular flexibility index (Phi) is 3.83. The number of halogens is 1. The second-order valence-corrected chi connectivity index (χ2v) is 5.32. The minimum absolute atomic E-state index is 0.578. The van der Waals surface area contributed by atoms with Crippen molar-refractivity contribution in [2.24, 2.45) is 5.73 Å². The zero-order valence-corrected chi connectivity index (χ0v) is 12.2. The Morgan fingerprint density at radius 2 is 1.63 bits per heavy atom. The summed E-state index contributed by atoms with van der Waals surface area (Å²) in [7, 11) is 1.60. The van der Waals surface area contributed by atoms with Crippen molar-refractivity contribution in [2.75, 3.05) is 7.11 Å². The second-order valence-electron chi connectivity index (χ2n) is 4.92. The van der Waals surface area contributed by atoms with Crippen molar-refractivity contribution in [1.82, 2.24) is 0 Å². The van der Waals surface area contributed by atoms with E-state index in [1.807, 2.05) is 25.1 Å². The van der Waals surface area contributed by atoms with Crippen LogP contribution in [0.1, 0.15) is 23.6 Å². The first-order valence-electron chi connectivity index (χ1n) is 6.15. The average Bonchev–Trinajstić information content (AvgIpc) is 2.39. The molecule has 0 aliphatic carbocycles. The van der Waals surface area contributed by atoms with Crippen LogP contribution < -0.4 is 10.5 Å². The molecule has 0 amide bonds. The van der Waals surface area contributed by atoms with Gasteiger partial charge in [0.1, 0.15) is 5.75 Å². The molecule has 0 fully saturated rings. The molecule has 2 aromatic rings. The Balaban J connectivity index is 2.46. The maximum Gasteiger partial charge on any atom is 0.137 e. The van der Waals surface area contributed by atoms with E-state index in [1.165, 1.54) is 5.56 Å². The molecule has 1 unspecified atom stereocenters. The van der Waals surface area contributed by atoms with Crippen molar-refractivity contribution in [1.29, 1.82) is 0 Å². The summed E-state index contributed by atoms with van der Waals surface area (Å²) in [4.78, 5) is 0. The van der Waals surface area contributed by atoms with Gasteiger partial charge in [-0.2, -0.15) is 0 Å². The summed E-state index contributed by atoms with van der Waals surface area (Å²) < 4.78 is 5.25. The third kappa shape index (κ3) is 2.75. The predicted molar refractivity (Wildman–Crippen MR) is 79.8 cm³/mol. The van der Waals surface area contributed by atoms with E-state index in [0.29, 0.717) is 10.8 Å². The highest BCUT2D eigenvalue weighted by molar-refractivity contribution is 6.32. The summed E-state index contributed by atoms with van der Waals surface area (Å²) in [5, 5.41) is 0.589. The van der Waals surface area contributed by atoms with Crippen molar-refractivity contribution >= 4 is 11.6 Å². The van der Waals surface area contributed by atoms with Crippen molar-refractivity contribution in [2.45, 2.75) is 19.4 Å².